The second kappa shape index (κ2) is 109. The maximum absolute atomic E-state index is 10.6. The Kier molecular flexibility index (Phi) is 121. The third-order valence-electron chi connectivity index (χ3n) is 14.5. The second-order valence-corrected chi connectivity index (χ2v) is 23.3. The van der Waals surface area contributed by atoms with Gasteiger partial charge in [0, 0.05) is 59.4 Å². The molecule has 5 aromatic carbocycles. The SMILES string of the molecule is CC.CC.CC.CC.CC.CC.CC.CC.CC.CC.CC.CC.CC.CC.CC.CC.CC.CC(=O)c1ccccc1.CCc1ccccc1.CCc1ccccc1.c1cc2n(n1)CCC2.c1cc2n(n1)CCCC2.c1cc2ncsc2s1.c1ccc2ccccc2c1.c1nc2c([nH]1)CCC2.c1nc2c(o1)CCC2.c1nc2c(s1)CCC2. The summed E-state index contributed by atoms with van der Waals surface area (Å²) in [5.74, 6) is 1.22. The van der Waals surface area contributed by atoms with Crippen molar-refractivity contribution in [1.82, 2.24) is 44.5 Å². The normalized spacial score (nSPS) is 10.1. The maximum atomic E-state index is 10.6. The minimum absolute atomic E-state index is 0.121. The number of fused-ring (bicyclic) bond motifs is 7. The number of oxazole rings is 1. The van der Waals surface area contributed by atoms with Gasteiger partial charge in [0.15, 0.2) is 12.2 Å². The summed E-state index contributed by atoms with van der Waals surface area (Å²) in [6.45, 7) is 76.1. The molecule has 0 bridgehead atoms. The quantitative estimate of drug-likeness (QED) is 0.173. The molecule has 7 aromatic heterocycles. The van der Waals surface area contributed by atoms with Crippen LogP contribution >= 0.6 is 34.0 Å². The van der Waals surface area contributed by atoms with Gasteiger partial charge in [-0.3, -0.25) is 14.2 Å². The molecule has 0 radical (unpaired) electrons. The van der Waals surface area contributed by atoms with E-state index in [0.717, 1.165) is 55.6 Å². The molecule has 2 aliphatic heterocycles. The molecular weight excluding hydrogens is 1500 g/mol. The zero-order valence-electron chi connectivity index (χ0n) is 82.9. The van der Waals surface area contributed by atoms with E-state index in [2.05, 4.69) is 173 Å². The van der Waals surface area contributed by atoms with Crippen LogP contribution in [0.2, 0.25) is 0 Å². The number of thiazole rings is 2. The van der Waals surface area contributed by atoms with Gasteiger partial charge in [-0.05, 0) is 149 Å². The zero-order chi connectivity index (χ0) is 92.2. The summed E-state index contributed by atoms with van der Waals surface area (Å²) in [4.78, 5) is 31.8. The highest BCUT2D eigenvalue weighted by molar-refractivity contribution is 7.36. The predicted molar refractivity (Wildman–Crippen MR) is 541 cm³/mol. The Balaban J connectivity index is -0.000000132. The first-order chi connectivity index (χ1) is 58.4. The van der Waals surface area contributed by atoms with Crippen molar-refractivity contribution in [2.24, 2.45) is 0 Å². The lowest BCUT2D eigenvalue weighted by Crippen LogP contribution is -2.10. The van der Waals surface area contributed by atoms with E-state index < -0.39 is 0 Å². The summed E-state index contributed by atoms with van der Waals surface area (Å²) in [6, 6.07) is 53.1. The Morgan fingerprint density at radius 1 is 0.373 bits per heavy atom. The number of aromatic nitrogens is 9. The number of carbonyl (C=O) groups excluding carboxylic acids is 1. The lowest BCUT2D eigenvalue weighted by atomic mass is 10.1. The molecule has 14 heteroatoms. The van der Waals surface area contributed by atoms with Crippen molar-refractivity contribution in [2.75, 3.05) is 0 Å². The van der Waals surface area contributed by atoms with Crippen LogP contribution in [-0.4, -0.2) is 50.3 Å². The molecular formula is C104H181N9O2S3. The van der Waals surface area contributed by atoms with Crippen molar-refractivity contribution in [2.45, 2.75) is 372 Å². The Labute approximate surface area is 741 Å². The molecule has 118 heavy (non-hydrogen) atoms. The van der Waals surface area contributed by atoms with Crippen LogP contribution in [0.25, 0.3) is 20.3 Å². The molecule has 0 spiro atoms. The number of carbonyl (C=O) groups is 1. The molecule has 0 saturated heterocycles. The van der Waals surface area contributed by atoms with Crippen molar-refractivity contribution >= 4 is 60.1 Å². The molecule has 0 unspecified atom stereocenters. The van der Waals surface area contributed by atoms with Crippen molar-refractivity contribution in [1.29, 1.82) is 0 Å². The fourth-order valence-electron chi connectivity index (χ4n) is 9.81. The number of thiophene rings is 1. The van der Waals surface area contributed by atoms with Crippen LogP contribution < -0.4 is 0 Å². The first kappa shape index (κ1) is 131. The number of ketones is 1. The summed E-state index contributed by atoms with van der Waals surface area (Å²) in [5.41, 5.74) is 16.5. The van der Waals surface area contributed by atoms with Crippen LogP contribution in [0.1, 0.15) is 361 Å². The number of benzene rings is 5. The van der Waals surface area contributed by atoms with Gasteiger partial charge in [0.25, 0.3) is 0 Å². The van der Waals surface area contributed by atoms with Gasteiger partial charge in [-0.15, -0.1) is 34.0 Å². The number of nitrogens with one attached hydrogen (secondary N) is 1. The molecule has 672 valence electrons. The number of Topliss-reactive ketones (excluding diaryl/α,β-unsaturated/α-hetero) is 1. The third-order valence-corrected chi connectivity index (χ3v) is 17.3. The van der Waals surface area contributed by atoms with Gasteiger partial charge in [-0.1, -0.05) is 389 Å². The average molecular weight is 1690 g/mol. The Hall–Kier alpha value is -7.91. The standard InChI is InChI=1S/C10H8.C8H8O.2C8H10.C7H10N2.2C6H8N2.C6H7NO.C6H7NS.C5H3NS2.17C2H6/c1-2-6-10-8-4-3-7-9(10)5-1;1-7(9)8-5-3-2-4-6-8;2*1-2-8-6-4-3-5-7-8;1-2-6-9-7(3-1)4-5-8-9;1-2-6-3-4-7-8(6)5-1;3*1-2-5-6(3-1)8-4-7-5;1-2-7-5-4(1)6-3-8-5;17*1-2/h1-8H;2-6H,1H3;2*3-7H,2H2,1H3;4-5H,1-3,6H2;3-4H,1-2,5H2;4H,1-3H2,(H,7,8);2*4H,1-3H2;1-3H;17*1-2H3. The van der Waals surface area contributed by atoms with Crippen LogP contribution in [0.5, 0.6) is 0 Å². The molecule has 12 aromatic rings. The van der Waals surface area contributed by atoms with E-state index >= 15 is 0 Å². The second-order valence-electron chi connectivity index (χ2n) is 20.4. The number of rotatable bonds is 3. The minimum Gasteiger partial charge on any atom is -0.448 e. The molecule has 0 fully saturated rings. The highest BCUT2D eigenvalue weighted by Gasteiger charge is 2.15. The molecule has 3 aliphatic carbocycles. The monoisotopic (exact) mass is 1680 g/mol. The Morgan fingerprint density at radius 2 is 0.771 bits per heavy atom. The number of nitrogens with zero attached hydrogens (tertiary/aromatic N) is 8. The lowest BCUT2D eigenvalue weighted by molar-refractivity contribution is 0.101. The van der Waals surface area contributed by atoms with Crippen LogP contribution in [0, 0.1) is 0 Å². The van der Waals surface area contributed by atoms with Gasteiger partial charge in [0.05, 0.1) is 39.9 Å². The van der Waals surface area contributed by atoms with Gasteiger partial charge in [0.2, 0.25) is 0 Å². The summed E-state index contributed by atoms with van der Waals surface area (Å²) in [6.07, 6.45) is 26.6. The number of hydrogen-bond acceptors (Lipinski definition) is 11. The third kappa shape index (κ3) is 64.1. The van der Waals surface area contributed by atoms with Crippen molar-refractivity contribution in [3.05, 3.63) is 261 Å². The van der Waals surface area contributed by atoms with E-state index in [0.29, 0.717) is 0 Å². The molecule has 0 atom stereocenters. The fraction of sp³-hybridized carbons (Fsp3) is 0.529. The smallest absolute Gasteiger partial charge is 0.181 e. The largest absolute Gasteiger partial charge is 0.448 e. The van der Waals surface area contributed by atoms with Crippen molar-refractivity contribution in [3.63, 3.8) is 0 Å². The Bertz CT molecular complexity index is 3270. The lowest BCUT2D eigenvalue weighted by Gasteiger charge is -2.11. The number of aryl methyl sites for hydroxylation is 12. The number of H-pyrrole nitrogens is 1. The van der Waals surface area contributed by atoms with Crippen LogP contribution in [-0.2, 0) is 77.3 Å². The summed E-state index contributed by atoms with van der Waals surface area (Å²) < 4.78 is 10.6. The van der Waals surface area contributed by atoms with Gasteiger partial charge >= 0.3 is 0 Å². The van der Waals surface area contributed by atoms with E-state index in [1.54, 1.807) is 47.3 Å². The van der Waals surface area contributed by atoms with E-state index in [9.17, 15) is 4.79 Å². The summed E-state index contributed by atoms with van der Waals surface area (Å²) >= 11 is 5.25. The molecule has 1 N–H and O–H groups in total. The van der Waals surface area contributed by atoms with Crippen LogP contribution in [0.15, 0.2) is 204 Å². The predicted octanol–water partition coefficient (Wildman–Crippen LogP) is 34.8. The van der Waals surface area contributed by atoms with Gasteiger partial charge < -0.3 is 9.40 Å². The molecule has 0 saturated carbocycles. The zero-order valence-corrected chi connectivity index (χ0v) is 85.3. The first-order valence-electron chi connectivity index (χ1n) is 46.6. The maximum Gasteiger partial charge on any atom is 0.181 e. The highest BCUT2D eigenvalue weighted by Crippen LogP contribution is 2.25. The Morgan fingerprint density at radius 3 is 1.17 bits per heavy atom. The van der Waals surface area contributed by atoms with Crippen LogP contribution in [0.4, 0.5) is 0 Å². The van der Waals surface area contributed by atoms with Crippen molar-refractivity contribution in [3.8, 4) is 0 Å². The molecule has 11 nitrogen and oxygen atoms in total. The van der Waals surface area contributed by atoms with E-state index in [1.165, 1.54) is 148 Å². The average Bonchev–Trinajstić information content (AvgIpc) is 1.73. The molecule has 17 rings (SSSR count). The highest BCUT2D eigenvalue weighted by atomic mass is 32.2. The van der Waals surface area contributed by atoms with E-state index in [4.69, 9.17) is 4.42 Å². The van der Waals surface area contributed by atoms with Gasteiger partial charge in [-0.2, -0.15) is 10.2 Å². The summed E-state index contributed by atoms with van der Waals surface area (Å²) in [5, 5.41) is 13.0. The van der Waals surface area contributed by atoms with Crippen LogP contribution in [0.3, 0.4) is 0 Å². The number of imidazole rings is 1. The fourth-order valence-corrected chi connectivity index (χ4v) is 12.3. The van der Waals surface area contributed by atoms with E-state index in [1.807, 2.05) is 307 Å². The van der Waals surface area contributed by atoms with Gasteiger partial charge in [-0.25, -0.2) is 19.9 Å². The summed E-state index contributed by atoms with van der Waals surface area (Å²) in [7, 11) is 0. The van der Waals surface area contributed by atoms with E-state index in [-0.39, 0.29) is 5.78 Å². The molecule has 5 aliphatic rings. The molecule has 9 heterocycles. The topological polar surface area (TPSA) is 133 Å². The minimum atomic E-state index is 0.121. The number of aromatic amines is 1. The van der Waals surface area contributed by atoms with Gasteiger partial charge in [0.1, 0.15) is 9.77 Å². The first-order valence-corrected chi connectivity index (χ1v) is 49.3. The van der Waals surface area contributed by atoms with Crippen molar-refractivity contribution < 1.29 is 9.21 Å². The molecule has 0 amide bonds. The number of hydrogen-bond donors (Lipinski definition) is 1.